The molecular weight excluding hydrogens is 152 g/mol. The fourth-order valence-corrected chi connectivity index (χ4v) is 1.09. The maximum atomic E-state index is 11.0. The van der Waals surface area contributed by atoms with Gasteiger partial charge in [0.05, 0.1) is 1.37 Å². The Hall–Kier alpha value is -1.57. The zero-order chi connectivity index (χ0) is 9.42. The highest BCUT2D eigenvalue weighted by Crippen LogP contribution is 2.18. The van der Waals surface area contributed by atoms with E-state index in [0.29, 0.717) is 17.4 Å². The highest BCUT2D eigenvalue weighted by atomic mass is 16.3. The lowest BCUT2D eigenvalue weighted by atomic mass is 10.2. The van der Waals surface area contributed by atoms with E-state index < -0.39 is 0 Å². The van der Waals surface area contributed by atoms with Crippen LogP contribution < -0.4 is 0 Å². The Balaban J connectivity index is 2.75. The lowest BCUT2D eigenvalue weighted by molar-refractivity contribution is 0.0989. The quantitative estimate of drug-likeness (QED) is 0.602. The van der Waals surface area contributed by atoms with Gasteiger partial charge in [-0.25, -0.2) is 0 Å². The van der Waals surface area contributed by atoms with Crippen molar-refractivity contribution >= 4 is 16.8 Å². The van der Waals surface area contributed by atoms with Crippen molar-refractivity contribution in [2.45, 2.75) is 6.92 Å². The van der Waals surface area contributed by atoms with Gasteiger partial charge in [-0.3, -0.25) is 4.79 Å². The number of carbonyl (C=O) groups is 1. The second kappa shape index (κ2) is 2.48. The van der Waals surface area contributed by atoms with E-state index in [1.54, 1.807) is 18.2 Å². The average Bonchev–Trinajstić information content (AvgIpc) is 2.49. The second-order valence-corrected chi connectivity index (χ2v) is 2.62. The first kappa shape index (κ1) is 6.00. The summed E-state index contributed by atoms with van der Waals surface area (Å²) in [5.74, 6) is 0.199. The van der Waals surface area contributed by atoms with Crippen molar-refractivity contribution < 1.29 is 10.6 Å². The molecule has 0 atom stereocenters. The van der Waals surface area contributed by atoms with E-state index in [-0.39, 0.29) is 5.78 Å². The molecule has 0 unspecified atom stereocenters. The molecular formula is C10H8O2. The molecule has 0 bridgehead atoms. The molecule has 0 aliphatic rings. The molecule has 0 aliphatic heterocycles. The fraction of sp³-hybridized carbons (Fsp3) is 0.100. The maximum Gasteiger partial charge on any atom is 0.194 e. The summed E-state index contributed by atoms with van der Waals surface area (Å²) in [6.07, 6.45) is 0. The smallest absolute Gasteiger partial charge is 0.194 e. The maximum absolute atomic E-state index is 11.0. The Morgan fingerprint density at radius 1 is 1.58 bits per heavy atom. The van der Waals surface area contributed by atoms with Crippen LogP contribution in [0.25, 0.3) is 11.0 Å². The molecule has 0 N–H and O–H groups in total. The number of hydrogen-bond acceptors (Lipinski definition) is 2. The largest absolute Gasteiger partial charge is 0.453 e. The van der Waals surface area contributed by atoms with Crippen molar-refractivity contribution in [1.29, 1.82) is 0 Å². The molecule has 0 aliphatic carbocycles. The van der Waals surface area contributed by atoms with Gasteiger partial charge in [0, 0.05) is 12.3 Å². The minimum absolute atomic E-state index is 0.115. The number of rotatable bonds is 1. The molecule has 1 heterocycles. The van der Waals surface area contributed by atoms with Crippen LogP contribution in [0.2, 0.25) is 0 Å². The Bertz CT molecular complexity index is 471. The zero-order valence-electron chi connectivity index (χ0n) is 7.63. The molecule has 0 amide bonds. The van der Waals surface area contributed by atoms with Crippen LogP contribution in [0.5, 0.6) is 0 Å². The number of hydrogen-bond donors (Lipinski definition) is 0. The van der Waals surface area contributed by atoms with Crippen LogP contribution in [0.3, 0.4) is 0 Å². The lowest BCUT2D eigenvalue weighted by Crippen LogP contribution is -1.85. The van der Waals surface area contributed by atoms with Gasteiger partial charge in [0.25, 0.3) is 0 Å². The molecule has 0 radical (unpaired) electrons. The highest BCUT2D eigenvalue weighted by molar-refractivity contribution is 5.95. The molecule has 0 saturated carbocycles. The summed E-state index contributed by atoms with van der Waals surface area (Å²) >= 11 is 0. The molecule has 1 aromatic carbocycles. The first-order valence-electron chi connectivity index (χ1n) is 4.18. The summed E-state index contributed by atoms with van der Waals surface area (Å²) in [6, 6.07) is 7.20. The summed E-state index contributed by atoms with van der Waals surface area (Å²) < 4.78 is 12.7. The summed E-state index contributed by atoms with van der Waals surface area (Å²) in [4.78, 5) is 11.0. The van der Waals surface area contributed by atoms with Crippen LogP contribution in [0.1, 0.15) is 18.8 Å². The van der Waals surface area contributed by atoms with Gasteiger partial charge < -0.3 is 4.42 Å². The van der Waals surface area contributed by atoms with Gasteiger partial charge in [-0.05, 0) is 12.1 Å². The molecule has 1 aromatic heterocycles. The van der Waals surface area contributed by atoms with E-state index in [9.17, 15) is 4.79 Å². The highest BCUT2D eigenvalue weighted by Gasteiger charge is 2.05. The molecule has 60 valence electrons. The number of carbonyl (C=O) groups excluding carboxylic acids is 1. The Labute approximate surface area is 71.2 Å². The number of ketones is 1. The van der Waals surface area contributed by atoms with E-state index in [1.165, 1.54) is 6.92 Å². The van der Waals surface area contributed by atoms with Crippen LogP contribution >= 0.6 is 0 Å². The monoisotopic (exact) mass is 161 g/mol. The topological polar surface area (TPSA) is 30.2 Å². The first-order valence-corrected chi connectivity index (χ1v) is 3.68. The summed E-state index contributed by atoms with van der Waals surface area (Å²) in [5, 5.41) is 0.803. The molecule has 2 aromatic rings. The van der Waals surface area contributed by atoms with E-state index in [4.69, 9.17) is 5.79 Å². The SMILES string of the molecule is [2H]c1cccc2cc(C(C)=O)oc12. The molecule has 12 heavy (non-hydrogen) atoms. The van der Waals surface area contributed by atoms with Crippen molar-refractivity contribution in [3.8, 4) is 0 Å². The first-order chi connectivity index (χ1) is 6.18. The van der Waals surface area contributed by atoms with Crippen molar-refractivity contribution in [2.24, 2.45) is 0 Å². The number of Topliss-reactive ketones (excluding diaryl/α,β-unsaturated/α-hetero) is 1. The third-order valence-corrected chi connectivity index (χ3v) is 1.69. The Morgan fingerprint density at radius 2 is 2.42 bits per heavy atom. The zero-order valence-corrected chi connectivity index (χ0v) is 6.63. The van der Waals surface area contributed by atoms with Gasteiger partial charge in [-0.15, -0.1) is 0 Å². The summed E-state index contributed by atoms with van der Waals surface area (Å²) in [5.41, 5.74) is 0.479. The Kier molecular flexibility index (Phi) is 1.24. The Morgan fingerprint density at radius 3 is 3.08 bits per heavy atom. The second-order valence-electron chi connectivity index (χ2n) is 2.62. The van der Waals surface area contributed by atoms with E-state index in [0.717, 1.165) is 5.39 Å². The number of fused-ring (bicyclic) bond motifs is 1. The van der Waals surface area contributed by atoms with Gasteiger partial charge in [0.2, 0.25) is 0 Å². The normalized spacial score (nSPS) is 11.6. The standard InChI is InChI=1S/C10H8O2/c1-7(11)10-6-8-4-2-3-5-9(8)12-10/h2-6H,1H3/i5D. The fourth-order valence-electron chi connectivity index (χ4n) is 1.09. The third-order valence-electron chi connectivity index (χ3n) is 1.69. The van der Waals surface area contributed by atoms with Crippen LogP contribution in [0, 0.1) is 0 Å². The predicted octanol–water partition coefficient (Wildman–Crippen LogP) is 2.64. The predicted molar refractivity (Wildman–Crippen MR) is 46.2 cm³/mol. The van der Waals surface area contributed by atoms with Gasteiger partial charge in [-0.1, -0.05) is 18.2 Å². The van der Waals surface area contributed by atoms with Crippen LogP contribution in [0.4, 0.5) is 0 Å². The molecule has 2 heteroatoms. The lowest BCUT2D eigenvalue weighted by Gasteiger charge is -1.83. The molecule has 2 rings (SSSR count). The average molecular weight is 161 g/mol. The molecule has 0 spiro atoms. The van der Waals surface area contributed by atoms with Gasteiger partial charge >= 0.3 is 0 Å². The minimum atomic E-state index is -0.115. The van der Waals surface area contributed by atoms with Crippen LogP contribution in [-0.4, -0.2) is 5.78 Å². The number of para-hydroxylation sites is 1. The minimum Gasteiger partial charge on any atom is -0.453 e. The number of benzene rings is 1. The summed E-state index contributed by atoms with van der Waals surface area (Å²) in [6.45, 7) is 1.45. The van der Waals surface area contributed by atoms with Gasteiger partial charge in [-0.2, -0.15) is 0 Å². The molecule has 0 saturated heterocycles. The third kappa shape index (κ3) is 1.01. The number of furan rings is 1. The van der Waals surface area contributed by atoms with Crippen LogP contribution in [-0.2, 0) is 0 Å². The van der Waals surface area contributed by atoms with Crippen LogP contribution in [0.15, 0.2) is 34.7 Å². The van der Waals surface area contributed by atoms with Crippen molar-refractivity contribution in [1.82, 2.24) is 0 Å². The van der Waals surface area contributed by atoms with Gasteiger partial charge in [0.1, 0.15) is 5.58 Å². The summed E-state index contributed by atoms with van der Waals surface area (Å²) in [7, 11) is 0. The van der Waals surface area contributed by atoms with E-state index in [2.05, 4.69) is 0 Å². The van der Waals surface area contributed by atoms with Crippen molar-refractivity contribution in [3.05, 3.63) is 36.1 Å². The van der Waals surface area contributed by atoms with E-state index in [1.807, 2.05) is 6.07 Å². The van der Waals surface area contributed by atoms with Gasteiger partial charge in [0.15, 0.2) is 11.5 Å². The van der Waals surface area contributed by atoms with Crippen molar-refractivity contribution in [2.75, 3.05) is 0 Å². The molecule has 2 nitrogen and oxygen atoms in total. The van der Waals surface area contributed by atoms with E-state index >= 15 is 0 Å². The molecule has 0 fully saturated rings. The van der Waals surface area contributed by atoms with Crippen molar-refractivity contribution in [3.63, 3.8) is 0 Å².